The standard InChI is InChI=1S/C23H37N5OS/c24-28-20(7-6-16-4-2-1-3-5-16)26-27-22(28)30-14-21(29)25-15-23-11-17-8-18(12-23)10-19(9-17)13-23/h16-19H,1-15,24H2,(H,25,29). The topological polar surface area (TPSA) is 85.8 Å². The number of nitrogens with two attached hydrogens (primary N) is 1. The quantitative estimate of drug-likeness (QED) is 0.481. The minimum absolute atomic E-state index is 0.0995. The molecule has 0 unspecified atom stereocenters. The maximum atomic E-state index is 12.5. The van der Waals surface area contributed by atoms with Gasteiger partial charge in [0.1, 0.15) is 0 Å². The third-order valence-corrected chi connectivity index (χ3v) is 9.34. The zero-order valence-electron chi connectivity index (χ0n) is 18.2. The van der Waals surface area contributed by atoms with Crippen LogP contribution in [0, 0.1) is 29.1 Å². The van der Waals surface area contributed by atoms with E-state index < -0.39 is 0 Å². The number of carbonyl (C=O) groups is 1. The van der Waals surface area contributed by atoms with Gasteiger partial charge in [0.05, 0.1) is 5.75 Å². The van der Waals surface area contributed by atoms with Crippen molar-refractivity contribution in [2.45, 2.75) is 88.6 Å². The lowest BCUT2D eigenvalue weighted by molar-refractivity contribution is -0.120. The van der Waals surface area contributed by atoms with Crippen molar-refractivity contribution < 1.29 is 4.79 Å². The summed E-state index contributed by atoms with van der Waals surface area (Å²) in [4.78, 5) is 12.5. The molecule has 5 aliphatic carbocycles. The van der Waals surface area contributed by atoms with Crippen molar-refractivity contribution >= 4 is 17.7 Å². The molecule has 0 saturated heterocycles. The van der Waals surface area contributed by atoms with Gasteiger partial charge < -0.3 is 11.2 Å². The average Bonchev–Trinajstić information content (AvgIpc) is 3.08. The first-order valence-corrected chi connectivity index (χ1v) is 13.2. The van der Waals surface area contributed by atoms with Crippen molar-refractivity contribution in [1.29, 1.82) is 0 Å². The van der Waals surface area contributed by atoms with E-state index in [0.717, 1.165) is 48.9 Å². The molecule has 1 heterocycles. The summed E-state index contributed by atoms with van der Waals surface area (Å²) in [6.45, 7) is 0.859. The first-order valence-electron chi connectivity index (χ1n) is 12.2. The summed E-state index contributed by atoms with van der Waals surface area (Å²) in [5, 5.41) is 12.4. The molecule has 1 aromatic heterocycles. The number of hydrogen-bond donors (Lipinski definition) is 2. The van der Waals surface area contributed by atoms with Gasteiger partial charge in [0.25, 0.3) is 0 Å². The Hall–Kier alpha value is -1.24. The van der Waals surface area contributed by atoms with Gasteiger partial charge in [-0.05, 0) is 74.0 Å². The molecular weight excluding hydrogens is 394 g/mol. The summed E-state index contributed by atoms with van der Waals surface area (Å²) in [5.41, 5.74) is 0.384. The van der Waals surface area contributed by atoms with E-state index in [1.54, 1.807) is 4.68 Å². The largest absolute Gasteiger partial charge is 0.355 e. The van der Waals surface area contributed by atoms with Gasteiger partial charge in [-0.1, -0.05) is 43.9 Å². The van der Waals surface area contributed by atoms with Crippen LogP contribution in [0.25, 0.3) is 0 Å². The van der Waals surface area contributed by atoms with Gasteiger partial charge in [-0.15, -0.1) is 10.2 Å². The number of carbonyl (C=O) groups excluding carboxylic acids is 1. The Morgan fingerprint density at radius 1 is 1.07 bits per heavy atom. The van der Waals surface area contributed by atoms with Crippen LogP contribution in [0.4, 0.5) is 0 Å². The second-order valence-corrected chi connectivity index (χ2v) is 11.7. The van der Waals surface area contributed by atoms with Gasteiger partial charge in [-0.3, -0.25) is 4.79 Å². The van der Waals surface area contributed by atoms with E-state index in [0.29, 0.717) is 16.3 Å². The fourth-order valence-corrected chi connectivity index (χ4v) is 8.06. The Morgan fingerprint density at radius 2 is 1.73 bits per heavy atom. The second kappa shape index (κ2) is 8.71. The van der Waals surface area contributed by atoms with Crippen molar-refractivity contribution in [2.75, 3.05) is 18.1 Å². The predicted molar refractivity (Wildman–Crippen MR) is 119 cm³/mol. The van der Waals surface area contributed by atoms with Crippen LogP contribution in [-0.2, 0) is 11.2 Å². The predicted octanol–water partition coefficient (Wildman–Crippen LogP) is 3.93. The molecule has 5 fully saturated rings. The molecule has 7 heteroatoms. The number of nitrogens with zero attached hydrogens (tertiary/aromatic N) is 3. The highest BCUT2D eigenvalue weighted by atomic mass is 32.2. The van der Waals surface area contributed by atoms with E-state index in [9.17, 15) is 4.79 Å². The molecule has 1 aromatic rings. The third-order valence-electron chi connectivity index (χ3n) is 8.39. The normalized spacial score (nSPS) is 33.1. The molecule has 0 aliphatic heterocycles. The maximum Gasteiger partial charge on any atom is 0.230 e. The Labute approximate surface area is 184 Å². The monoisotopic (exact) mass is 431 g/mol. The fraction of sp³-hybridized carbons (Fsp3) is 0.870. The molecule has 0 aromatic carbocycles. The Morgan fingerprint density at radius 3 is 2.40 bits per heavy atom. The lowest BCUT2D eigenvalue weighted by Gasteiger charge is -2.56. The molecule has 6 rings (SSSR count). The van der Waals surface area contributed by atoms with Crippen LogP contribution in [0.1, 0.15) is 82.9 Å². The lowest BCUT2D eigenvalue weighted by atomic mass is 9.49. The van der Waals surface area contributed by atoms with Crippen molar-refractivity contribution in [1.82, 2.24) is 20.2 Å². The number of rotatable bonds is 8. The summed E-state index contributed by atoms with van der Waals surface area (Å²) in [5.74, 6) is 11.1. The molecule has 30 heavy (non-hydrogen) atoms. The van der Waals surface area contributed by atoms with Crippen LogP contribution >= 0.6 is 11.8 Å². The number of nitrogen functional groups attached to an aromatic ring is 1. The Balaban J connectivity index is 1.07. The van der Waals surface area contributed by atoms with E-state index >= 15 is 0 Å². The van der Waals surface area contributed by atoms with Crippen molar-refractivity contribution in [3.05, 3.63) is 5.82 Å². The minimum atomic E-state index is 0.0995. The summed E-state index contributed by atoms with van der Waals surface area (Å²) >= 11 is 1.41. The average molecular weight is 432 g/mol. The van der Waals surface area contributed by atoms with Crippen LogP contribution in [0.15, 0.2) is 5.16 Å². The van der Waals surface area contributed by atoms with Gasteiger partial charge in [-0.2, -0.15) is 0 Å². The van der Waals surface area contributed by atoms with E-state index in [-0.39, 0.29) is 5.91 Å². The van der Waals surface area contributed by atoms with Gasteiger partial charge in [0.2, 0.25) is 11.1 Å². The summed E-state index contributed by atoms with van der Waals surface area (Å²) in [6, 6.07) is 0. The van der Waals surface area contributed by atoms with Crippen molar-refractivity contribution in [3.63, 3.8) is 0 Å². The maximum absolute atomic E-state index is 12.5. The van der Waals surface area contributed by atoms with E-state index in [1.807, 2.05) is 0 Å². The first kappa shape index (κ1) is 20.7. The molecule has 6 nitrogen and oxygen atoms in total. The van der Waals surface area contributed by atoms with E-state index in [1.165, 1.54) is 82.4 Å². The highest BCUT2D eigenvalue weighted by Gasteiger charge is 2.50. The highest BCUT2D eigenvalue weighted by Crippen LogP contribution is 2.59. The van der Waals surface area contributed by atoms with Crippen molar-refractivity contribution in [3.8, 4) is 0 Å². The van der Waals surface area contributed by atoms with E-state index in [4.69, 9.17) is 5.84 Å². The molecule has 3 N–H and O–H groups in total. The molecule has 1 amide bonds. The molecule has 5 aliphatic rings. The number of aryl methyl sites for hydroxylation is 1. The second-order valence-electron chi connectivity index (χ2n) is 10.8. The molecule has 5 saturated carbocycles. The Bertz CT molecular complexity index is 721. The molecule has 0 atom stereocenters. The van der Waals surface area contributed by atoms with E-state index in [2.05, 4.69) is 15.5 Å². The fourth-order valence-electron chi connectivity index (χ4n) is 7.36. The van der Waals surface area contributed by atoms with Crippen LogP contribution in [0.5, 0.6) is 0 Å². The molecular formula is C23H37N5OS. The zero-order valence-corrected chi connectivity index (χ0v) is 19.0. The highest BCUT2D eigenvalue weighted by molar-refractivity contribution is 7.99. The summed E-state index contributed by atoms with van der Waals surface area (Å²) in [7, 11) is 0. The summed E-state index contributed by atoms with van der Waals surface area (Å²) < 4.78 is 1.60. The molecule has 4 bridgehead atoms. The summed E-state index contributed by atoms with van der Waals surface area (Å²) in [6.07, 6.45) is 17.1. The Kier molecular flexibility index (Phi) is 6.00. The molecule has 0 radical (unpaired) electrons. The van der Waals surface area contributed by atoms with Crippen LogP contribution in [0.2, 0.25) is 0 Å². The van der Waals surface area contributed by atoms with Crippen LogP contribution < -0.4 is 11.2 Å². The van der Waals surface area contributed by atoms with Crippen molar-refractivity contribution in [2.24, 2.45) is 29.1 Å². The van der Waals surface area contributed by atoms with Crippen LogP contribution in [0.3, 0.4) is 0 Å². The molecule has 0 spiro atoms. The van der Waals surface area contributed by atoms with Gasteiger partial charge in [0, 0.05) is 13.0 Å². The SMILES string of the molecule is Nn1c(CCC2CCCCC2)nnc1SCC(=O)NCC12CC3CC(CC(C3)C1)C2. The van der Waals surface area contributed by atoms with Gasteiger partial charge >= 0.3 is 0 Å². The number of hydrogen-bond acceptors (Lipinski definition) is 5. The number of amides is 1. The van der Waals surface area contributed by atoms with Gasteiger partial charge in [-0.25, -0.2) is 4.68 Å². The first-order chi connectivity index (χ1) is 14.6. The number of thioether (sulfide) groups is 1. The minimum Gasteiger partial charge on any atom is -0.355 e. The zero-order chi connectivity index (χ0) is 20.6. The third kappa shape index (κ3) is 4.51. The molecule has 166 valence electrons. The van der Waals surface area contributed by atoms with Crippen LogP contribution in [-0.4, -0.2) is 33.1 Å². The smallest absolute Gasteiger partial charge is 0.230 e. The number of nitrogens with one attached hydrogen (secondary N) is 1. The van der Waals surface area contributed by atoms with Gasteiger partial charge in [0.15, 0.2) is 5.82 Å². The lowest BCUT2D eigenvalue weighted by Crippen LogP contribution is -2.51. The number of aromatic nitrogens is 3.